The zero-order chi connectivity index (χ0) is 22.1. The van der Waals surface area contributed by atoms with Gasteiger partial charge in [-0.25, -0.2) is 9.38 Å². The molecule has 0 radical (unpaired) electrons. The lowest BCUT2D eigenvalue weighted by molar-refractivity contribution is -0.138. The summed E-state index contributed by atoms with van der Waals surface area (Å²) in [6.07, 6.45) is -4.66. The van der Waals surface area contributed by atoms with Crippen LogP contribution in [0.5, 0.6) is 0 Å². The Morgan fingerprint density at radius 1 is 1.00 bits per heavy atom. The van der Waals surface area contributed by atoms with Gasteiger partial charge in [0.25, 0.3) is 5.91 Å². The Bertz CT molecular complexity index is 903. The van der Waals surface area contributed by atoms with Crippen LogP contribution >= 0.6 is 24.0 Å². The van der Waals surface area contributed by atoms with Crippen molar-refractivity contribution in [1.29, 1.82) is 0 Å². The minimum absolute atomic E-state index is 0. The summed E-state index contributed by atoms with van der Waals surface area (Å²) in [6, 6.07) is 9.51. The highest BCUT2D eigenvalue weighted by Crippen LogP contribution is 2.32. The summed E-state index contributed by atoms with van der Waals surface area (Å²) in [5.74, 6) is -0.832. The lowest BCUT2D eigenvalue weighted by atomic mass is 10.1. The first-order valence-corrected chi connectivity index (χ1v) is 9.49. The number of carbonyl (C=O) groups excluding carboxylic acids is 1. The number of nitrogens with one attached hydrogen (secondary N) is 3. The van der Waals surface area contributed by atoms with Gasteiger partial charge in [-0.05, 0) is 49.2 Å². The predicted molar refractivity (Wildman–Crippen MR) is 123 cm³/mol. The van der Waals surface area contributed by atoms with Crippen LogP contribution in [-0.2, 0) is 19.3 Å². The molecule has 0 unspecified atom stereocenters. The minimum Gasteiger partial charge on any atom is -0.357 e. The van der Waals surface area contributed by atoms with Crippen molar-refractivity contribution >= 4 is 35.8 Å². The van der Waals surface area contributed by atoms with E-state index in [1.54, 1.807) is 24.3 Å². The average molecular weight is 552 g/mol. The first-order valence-electron chi connectivity index (χ1n) is 9.49. The zero-order valence-corrected chi connectivity index (χ0v) is 19.5. The molecular weight excluding hydrogens is 527 g/mol. The smallest absolute Gasteiger partial charge is 0.357 e. The third kappa shape index (κ3) is 8.35. The fourth-order valence-electron chi connectivity index (χ4n) is 2.73. The summed E-state index contributed by atoms with van der Waals surface area (Å²) < 4.78 is 52.7. The molecule has 3 N–H and O–H groups in total. The molecular formula is C21H25F4IN4O. The molecule has 1 amide bonds. The van der Waals surface area contributed by atoms with E-state index < -0.39 is 17.6 Å². The first-order chi connectivity index (χ1) is 14.2. The number of hydrogen-bond donors (Lipinski definition) is 3. The maximum absolute atomic E-state index is 13.3. The fourth-order valence-corrected chi connectivity index (χ4v) is 2.73. The van der Waals surface area contributed by atoms with Crippen LogP contribution < -0.4 is 16.0 Å². The van der Waals surface area contributed by atoms with E-state index in [0.29, 0.717) is 30.7 Å². The predicted octanol–water partition coefficient (Wildman–Crippen LogP) is 4.47. The van der Waals surface area contributed by atoms with E-state index in [0.717, 1.165) is 17.7 Å². The van der Waals surface area contributed by atoms with Crippen molar-refractivity contribution in [2.24, 2.45) is 4.99 Å². The maximum atomic E-state index is 13.3. The second-order valence-electron chi connectivity index (χ2n) is 6.41. The number of hydrogen-bond acceptors (Lipinski definition) is 2. The minimum atomic E-state index is -4.66. The van der Waals surface area contributed by atoms with Gasteiger partial charge in [-0.1, -0.05) is 18.2 Å². The van der Waals surface area contributed by atoms with E-state index in [9.17, 15) is 22.4 Å². The molecule has 0 aliphatic carbocycles. The van der Waals surface area contributed by atoms with Crippen LogP contribution in [0.15, 0.2) is 47.5 Å². The molecule has 0 aliphatic rings. The number of guanidine groups is 1. The first kappa shape index (κ1) is 26.7. The van der Waals surface area contributed by atoms with Crippen molar-refractivity contribution in [3.8, 4) is 0 Å². The van der Waals surface area contributed by atoms with Gasteiger partial charge in [0.15, 0.2) is 5.96 Å². The molecule has 5 nitrogen and oxygen atoms in total. The molecule has 0 spiro atoms. The monoisotopic (exact) mass is 552 g/mol. The van der Waals surface area contributed by atoms with Gasteiger partial charge in [-0.2, -0.15) is 13.2 Å². The van der Waals surface area contributed by atoms with Crippen LogP contribution in [0.2, 0.25) is 0 Å². The third-order valence-corrected chi connectivity index (χ3v) is 4.11. The van der Waals surface area contributed by atoms with Gasteiger partial charge in [0.05, 0.1) is 12.1 Å². The SMILES string of the molecule is CCNC(=O)c1cccc(CN=C(NCC)NCc2ccc(F)cc2C(F)(F)F)c1.I. The van der Waals surface area contributed by atoms with Gasteiger partial charge >= 0.3 is 6.18 Å². The largest absolute Gasteiger partial charge is 0.416 e. The van der Waals surface area contributed by atoms with E-state index in [4.69, 9.17) is 0 Å². The normalized spacial score (nSPS) is 11.5. The van der Waals surface area contributed by atoms with Gasteiger partial charge in [0.1, 0.15) is 5.82 Å². The van der Waals surface area contributed by atoms with Crippen LogP contribution in [-0.4, -0.2) is 25.0 Å². The van der Waals surface area contributed by atoms with Gasteiger partial charge in [-0.3, -0.25) is 4.79 Å². The van der Waals surface area contributed by atoms with Gasteiger partial charge < -0.3 is 16.0 Å². The maximum Gasteiger partial charge on any atom is 0.416 e. The Morgan fingerprint density at radius 3 is 2.35 bits per heavy atom. The Balaban J connectivity index is 0.00000480. The second-order valence-corrected chi connectivity index (χ2v) is 6.41. The molecule has 0 heterocycles. The molecule has 2 aromatic carbocycles. The summed E-state index contributed by atoms with van der Waals surface area (Å²) in [7, 11) is 0. The van der Waals surface area contributed by atoms with Crippen molar-refractivity contribution in [3.05, 3.63) is 70.5 Å². The van der Waals surface area contributed by atoms with Crippen LogP contribution in [0.3, 0.4) is 0 Å². The van der Waals surface area contributed by atoms with E-state index in [1.807, 2.05) is 13.8 Å². The topological polar surface area (TPSA) is 65.5 Å². The fraction of sp³-hybridized carbons (Fsp3) is 0.333. The Morgan fingerprint density at radius 2 is 1.71 bits per heavy atom. The molecule has 0 aromatic heterocycles. The molecule has 170 valence electrons. The number of halogens is 5. The van der Waals surface area contributed by atoms with Crippen LogP contribution in [0.4, 0.5) is 17.6 Å². The van der Waals surface area contributed by atoms with E-state index in [1.165, 1.54) is 0 Å². The van der Waals surface area contributed by atoms with Crippen molar-refractivity contribution in [2.45, 2.75) is 33.1 Å². The highest BCUT2D eigenvalue weighted by Gasteiger charge is 2.33. The molecule has 2 aromatic rings. The van der Waals surface area contributed by atoms with Crippen LogP contribution in [0.25, 0.3) is 0 Å². The summed E-state index contributed by atoms with van der Waals surface area (Å²) in [4.78, 5) is 16.3. The van der Waals surface area contributed by atoms with Gasteiger partial charge in [0.2, 0.25) is 0 Å². The highest BCUT2D eigenvalue weighted by molar-refractivity contribution is 14.0. The molecule has 10 heteroatoms. The number of amides is 1. The summed E-state index contributed by atoms with van der Waals surface area (Å²) in [6.45, 7) is 4.70. The van der Waals surface area contributed by atoms with E-state index >= 15 is 0 Å². The molecule has 31 heavy (non-hydrogen) atoms. The average Bonchev–Trinajstić information content (AvgIpc) is 2.70. The second kappa shape index (κ2) is 12.5. The van der Waals surface area contributed by atoms with Crippen LogP contribution in [0, 0.1) is 5.82 Å². The number of rotatable bonds is 7. The molecule has 0 aliphatic heterocycles. The lowest BCUT2D eigenvalue weighted by Crippen LogP contribution is -2.37. The number of carbonyl (C=O) groups is 1. The molecule has 0 saturated heterocycles. The number of alkyl halides is 3. The molecule has 0 bridgehead atoms. The number of aliphatic imine (C=N–C) groups is 1. The number of nitrogens with zero attached hydrogens (tertiary/aromatic N) is 1. The quantitative estimate of drug-likeness (QED) is 0.206. The van der Waals surface area contributed by atoms with Gasteiger partial charge in [0, 0.05) is 25.2 Å². The summed E-state index contributed by atoms with van der Waals surface area (Å²) in [5, 5.41) is 8.50. The van der Waals surface area contributed by atoms with Crippen molar-refractivity contribution in [1.82, 2.24) is 16.0 Å². The molecule has 0 fully saturated rings. The molecule has 2 rings (SSSR count). The Kier molecular flexibility index (Phi) is 10.7. The molecule has 0 saturated carbocycles. The third-order valence-electron chi connectivity index (χ3n) is 4.11. The van der Waals surface area contributed by atoms with E-state index in [2.05, 4.69) is 20.9 Å². The number of benzene rings is 2. The summed E-state index contributed by atoms with van der Waals surface area (Å²) in [5.41, 5.74) is 0.158. The van der Waals surface area contributed by atoms with Crippen molar-refractivity contribution in [2.75, 3.05) is 13.1 Å². The highest BCUT2D eigenvalue weighted by atomic mass is 127. The van der Waals surface area contributed by atoms with Gasteiger partial charge in [-0.15, -0.1) is 24.0 Å². The molecule has 0 atom stereocenters. The van der Waals surface area contributed by atoms with Crippen molar-refractivity contribution < 1.29 is 22.4 Å². The van der Waals surface area contributed by atoms with Crippen LogP contribution in [0.1, 0.15) is 40.9 Å². The van der Waals surface area contributed by atoms with Crippen molar-refractivity contribution in [3.63, 3.8) is 0 Å². The standard InChI is InChI=1S/C21H24F4N4O.HI/c1-3-26-19(30)15-7-5-6-14(10-15)12-28-20(27-4-2)29-13-16-8-9-17(22)11-18(16)21(23,24)25;/h5-11H,3-4,12-13H2,1-2H3,(H,26,30)(H2,27,28,29);1H. The van der Waals surface area contributed by atoms with E-state index in [-0.39, 0.29) is 48.5 Å². The summed E-state index contributed by atoms with van der Waals surface area (Å²) >= 11 is 0. The zero-order valence-electron chi connectivity index (χ0n) is 17.1. The lowest BCUT2D eigenvalue weighted by Gasteiger charge is -2.16. The Hall–Kier alpha value is -2.37. The Labute approximate surface area is 195 Å².